The molecule has 1 aliphatic rings. The van der Waals surface area contributed by atoms with E-state index in [1.54, 1.807) is 11.8 Å². The number of aromatic nitrogens is 2. The quantitative estimate of drug-likeness (QED) is 0.593. The van der Waals surface area contributed by atoms with Crippen molar-refractivity contribution >= 4 is 40.2 Å². The molecule has 1 saturated heterocycles. The SMILES string of the molecule is CCOC(=O)Cn1c([C@H]2CC(=O)N(c3ccc(C)c(Cl)c3)C2)nc2ccccc21. The molecule has 0 spiro atoms. The van der Waals surface area contributed by atoms with E-state index in [2.05, 4.69) is 0 Å². The lowest BCUT2D eigenvalue weighted by atomic mass is 10.1. The largest absolute Gasteiger partial charge is 0.465 e. The number of aryl methyl sites for hydroxylation is 1. The van der Waals surface area contributed by atoms with Crippen molar-refractivity contribution in [3.05, 3.63) is 58.9 Å². The van der Waals surface area contributed by atoms with Gasteiger partial charge in [-0.3, -0.25) is 9.59 Å². The molecule has 2 heterocycles. The Kier molecular flexibility index (Phi) is 5.28. The van der Waals surface area contributed by atoms with Crippen LogP contribution in [0.3, 0.4) is 0 Å². The van der Waals surface area contributed by atoms with Crippen molar-refractivity contribution in [1.82, 2.24) is 9.55 Å². The van der Waals surface area contributed by atoms with E-state index in [1.165, 1.54) is 0 Å². The highest BCUT2D eigenvalue weighted by Crippen LogP contribution is 2.34. The van der Waals surface area contributed by atoms with Crippen LogP contribution in [0.4, 0.5) is 5.69 Å². The predicted octanol–water partition coefficient (Wildman–Crippen LogP) is 4.08. The molecule has 1 aliphatic heterocycles. The van der Waals surface area contributed by atoms with Crippen LogP contribution in [0.15, 0.2) is 42.5 Å². The second kappa shape index (κ2) is 7.87. The molecule has 1 atom stereocenters. The molecule has 0 bridgehead atoms. The molecule has 0 radical (unpaired) electrons. The zero-order valence-corrected chi connectivity index (χ0v) is 17.1. The lowest BCUT2D eigenvalue weighted by molar-refractivity contribution is -0.143. The van der Waals surface area contributed by atoms with E-state index in [1.807, 2.05) is 54.0 Å². The van der Waals surface area contributed by atoms with Crippen molar-refractivity contribution in [2.45, 2.75) is 32.7 Å². The Morgan fingerprint density at radius 2 is 2.07 bits per heavy atom. The van der Waals surface area contributed by atoms with E-state index in [4.69, 9.17) is 21.3 Å². The van der Waals surface area contributed by atoms with Gasteiger partial charge in [0.25, 0.3) is 0 Å². The fourth-order valence-electron chi connectivity index (χ4n) is 3.79. The molecule has 4 rings (SSSR count). The smallest absolute Gasteiger partial charge is 0.326 e. The van der Waals surface area contributed by atoms with Crippen LogP contribution in [-0.2, 0) is 20.9 Å². The molecule has 0 unspecified atom stereocenters. The van der Waals surface area contributed by atoms with Gasteiger partial charge in [0, 0.05) is 29.6 Å². The molecule has 0 aliphatic carbocycles. The van der Waals surface area contributed by atoms with Gasteiger partial charge < -0.3 is 14.2 Å². The van der Waals surface area contributed by atoms with Crippen LogP contribution in [0, 0.1) is 6.92 Å². The first-order valence-corrected chi connectivity index (χ1v) is 10.0. The Balaban J connectivity index is 1.68. The van der Waals surface area contributed by atoms with Gasteiger partial charge in [-0.2, -0.15) is 0 Å². The van der Waals surface area contributed by atoms with E-state index in [0.717, 1.165) is 28.1 Å². The first-order chi connectivity index (χ1) is 14.0. The number of ether oxygens (including phenoxy) is 1. The van der Waals surface area contributed by atoms with Gasteiger partial charge >= 0.3 is 5.97 Å². The number of hydrogen-bond acceptors (Lipinski definition) is 4. The molecule has 1 aromatic heterocycles. The van der Waals surface area contributed by atoms with Gasteiger partial charge in [-0.15, -0.1) is 0 Å². The maximum absolute atomic E-state index is 12.8. The lowest BCUT2D eigenvalue weighted by Gasteiger charge is -2.18. The second-order valence-electron chi connectivity index (χ2n) is 7.19. The zero-order chi connectivity index (χ0) is 20.5. The van der Waals surface area contributed by atoms with Crippen molar-refractivity contribution in [2.75, 3.05) is 18.1 Å². The maximum Gasteiger partial charge on any atom is 0.326 e. The van der Waals surface area contributed by atoms with Gasteiger partial charge in [0.05, 0.1) is 17.6 Å². The summed E-state index contributed by atoms with van der Waals surface area (Å²) in [5.41, 5.74) is 3.41. The summed E-state index contributed by atoms with van der Waals surface area (Å²) in [5.74, 6) is 0.311. The Morgan fingerprint density at radius 3 is 2.83 bits per heavy atom. The summed E-state index contributed by atoms with van der Waals surface area (Å²) in [6.07, 6.45) is 0.331. The second-order valence-corrected chi connectivity index (χ2v) is 7.60. The number of esters is 1. The molecule has 29 heavy (non-hydrogen) atoms. The van der Waals surface area contributed by atoms with Crippen LogP contribution in [0.2, 0.25) is 5.02 Å². The molecule has 1 amide bonds. The summed E-state index contributed by atoms with van der Waals surface area (Å²) in [6, 6.07) is 13.3. The zero-order valence-electron chi connectivity index (χ0n) is 16.4. The van der Waals surface area contributed by atoms with Crippen LogP contribution in [0.5, 0.6) is 0 Å². The summed E-state index contributed by atoms with van der Waals surface area (Å²) in [5, 5.41) is 0.633. The number of amides is 1. The standard InChI is InChI=1S/C22H22ClN3O3/c1-3-29-21(28)13-26-19-7-5-4-6-18(19)24-22(26)15-10-20(27)25(12-15)16-9-8-14(2)17(23)11-16/h4-9,11,15H,3,10,12-13H2,1-2H3/t15-/m0/s1. The molecule has 0 N–H and O–H groups in total. The van der Waals surface area contributed by atoms with Crippen LogP contribution >= 0.6 is 11.6 Å². The number of nitrogens with zero attached hydrogens (tertiary/aromatic N) is 3. The third-order valence-corrected chi connectivity index (χ3v) is 5.64. The van der Waals surface area contributed by atoms with Gasteiger partial charge in [-0.1, -0.05) is 29.8 Å². The van der Waals surface area contributed by atoms with E-state index in [-0.39, 0.29) is 24.3 Å². The predicted molar refractivity (Wildman–Crippen MR) is 112 cm³/mol. The minimum Gasteiger partial charge on any atom is -0.465 e. The lowest BCUT2D eigenvalue weighted by Crippen LogP contribution is -2.24. The van der Waals surface area contributed by atoms with Gasteiger partial charge in [0.1, 0.15) is 12.4 Å². The number of fused-ring (bicyclic) bond motifs is 1. The summed E-state index contributed by atoms with van der Waals surface area (Å²) in [4.78, 5) is 31.4. The summed E-state index contributed by atoms with van der Waals surface area (Å²) >= 11 is 6.25. The summed E-state index contributed by atoms with van der Waals surface area (Å²) in [6.45, 7) is 4.60. The maximum atomic E-state index is 12.8. The van der Waals surface area contributed by atoms with Crippen LogP contribution in [-0.4, -0.2) is 34.6 Å². The highest BCUT2D eigenvalue weighted by Gasteiger charge is 2.35. The third-order valence-electron chi connectivity index (χ3n) is 5.23. The number of anilines is 1. The Morgan fingerprint density at radius 1 is 1.28 bits per heavy atom. The van der Waals surface area contributed by atoms with Crippen molar-refractivity contribution in [3.63, 3.8) is 0 Å². The van der Waals surface area contributed by atoms with Gasteiger partial charge in [0.15, 0.2) is 0 Å². The summed E-state index contributed by atoms with van der Waals surface area (Å²) in [7, 11) is 0. The fourth-order valence-corrected chi connectivity index (χ4v) is 3.96. The van der Waals surface area contributed by atoms with Crippen molar-refractivity contribution in [2.24, 2.45) is 0 Å². The number of carbonyl (C=O) groups excluding carboxylic acids is 2. The van der Waals surface area contributed by atoms with Gasteiger partial charge in [0.2, 0.25) is 5.91 Å². The van der Waals surface area contributed by atoms with Crippen LogP contribution in [0.25, 0.3) is 11.0 Å². The Bertz CT molecular complexity index is 1090. The first kappa shape index (κ1) is 19.5. The number of rotatable bonds is 5. The first-order valence-electron chi connectivity index (χ1n) is 9.65. The van der Waals surface area contributed by atoms with Crippen molar-refractivity contribution in [1.29, 1.82) is 0 Å². The topological polar surface area (TPSA) is 64.4 Å². The molecule has 2 aromatic carbocycles. The Hall–Kier alpha value is -2.86. The molecule has 1 fully saturated rings. The molecule has 0 saturated carbocycles. The van der Waals surface area contributed by atoms with Crippen LogP contribution in [0.1, 0.15) is 30.7 Å². The number of hydrogen-bond donors (Lipinski definition) is 0. The molecule has 3 aromatic rings. The normalized spacial score (nSPS) is 16.6. The monoisotopic (exact) mass is 411 g/mol. The number of benzene rings is 2. The number of imidazole rings is 1. The number of carbonyl (C=O) groups is 2. The minimum atomic E-state index is -0.316. The van der Waals surface area contributed by atoms with Gasteiger partial charge in [-0.25, -0.2) is 4.98 Å². The van der Waals surface area contributed by atoms with Crippen molar-refractivity contribution in [3.8, 4) is 0 Å². The third kappa shape index (κ3) is 3.72. The highest BCUT2D eigenvalue weighted by molar-refractivity contribution is 6.31. The van der Waals surface area contributed by atoms with E-state index in [9.17, 15) is 9.59 Å². The van der Waals surface area contributed by atoms with E-state index >= 15 is 0 Å². The van der Waals surface area contributed by atoms with E-state index < -0.39 is 0 Å². The molecular weight excluding hydrogens is 390 g/mol. The number of halogens is 1. The molecule has 150 valence electrons. The Labute approximate surface area is 174 Å². The minimum absolute atomic E-state index is 0.0182. The van der Waals surface area contributed by atoms with Gasteiger partial charge in [-0.05, 0) is 43.7 Å². The van der Waals surface area contributed by atoms with Crippen LogP contribution < -0.4 is 4.90 Å². The van der Waals surface area contributed by atoms with Crippen molar-refractivity contribution < 1.29 is 14.3 Å². The average molecular weight is 412 g/mol. The number of para-hydroxylation sites is 2. The molecule has 6 nitrogen and oxygen atoms in total. The fraction of sp³-hybridized carbons (Fsp3) is 0.318. The molecule has 7 heteroatoms. The van der Waals surface area contributed by atoms with E-state index in [0.29, 0.717) is 24.6 Å². The molecular formula is C22H22ClN3O3. The summed E-state index contributed by atoms with van der Waals surface area (Å²) < 4.78 is 7.01. The average Bonchev–Trinajstić information content (AvgIpc) is 3.25. The highest BCUT2D eigenvalue weighted by atomic mass is 35.5.